The molecule has 1 rings (SSSR count). The van der Waals surface area contributed by atoms with Crippen LogP contribution in [0.2, 0.25) is 0 Å². The third kappa shape index (κ3) is 3.42. The van der Waals surface area contributed by atoms with Crippen LogP contribution in [0.4, 0.5) is 0 Å². The molecule has 0 N–H and O–H groups in total. The van der Waals surface area contributed by atoms with Gasteiger partial charge in [0, 0.05) is 25.0 Å². The van der Waals surface area contributed by atoms with E-state index in [0.29, 0.717) is 0 Å². The van der Waals surface area contributed by atoms with Crippen molar-refractivity contribution < 1.29 is 4.74 Å². The molecule has 0 aromatic heterocycles. The maximum absolute atomic E-state index is 5.34. The van der Waals surface area contributed by atoms with Crippen molar-refractivity contribution in [1.29, 1.82) is 0 Å². The van der Waals surface area contributed by atoms with Crippen molar-refractivity contribution in [2.75, 3.05) is 38.2 Å². The van der Waals surface area contributed by atoms with Gasteiger partial charge < -0.3 is 9.64 Å². The van der Waals surface area contributed by atoms with Crippen LogP contribution in [0.5, 0.6) is 0 Å². The molecule has 0 radical (unpaired) electrons. The molecule has 0 aromatic carbocycles. The molecule has 1 heterocycles. The van der Waals surface area contributed by atoms with Gasteiger partial charge in [0.05, 0.1) is 6.61 Å². The molecule has 1 fully saturated rings. The predicted octanol–water partition coefficient (Wildman–Crippen LogP) is 1.74. The quantitative estimate of drug-likeness (QED) is 0.674. The first-order valence-electron chi connectivity index (χ1n) is 4.73. The molecular formula is C9H18BrNO. The molecule has 0 bridgehead atoms. The molecule has 1 aliphatic heterocycles. The molecule has 0 aliphatic carbocycles. The Morgan fingerprint density at radius 2 is 2.42 bits per heavy atom. The summed E-state index contributed by atoms with van der Waals surface area (Å²) in [6, 6.07) is 0. The first kappa shape index (κ1) is 10.5. The Kier molecular flexibility index (Phi) is 5.19. The van der Waals surface area contributed by atoms with E-state index in [0.717, 1.165) is 37.6 Å². The van der Waals surface area contributed by atoms with Crippen molar-refractivity contribution in [3.05, 3.63) is 0 Å². The summed E-state index contributed by atoms with van der Waals surface area (Å²) in [6.07, 6.45) is 1.25. The summed E-state index contributed by atoms with van der Waals surface area (Å²) < 4.78 is 5.34. The highest BCUT2D eigenvalue weighted by molar-refractivity contribution is 9.09. The molecule has 12 heavy (non-hydrogen) atoms. The largest absolute Gasteiger partial charge is 0.381 e. The number of halogens is 1. The van der Waals surface area contributed by atoms with Crippen LogP contribution in [0.25, 0.3) is 0 Å². The third-order valence-electron chi connectivity index (χ3n) is 2.39. The van der Waals surface area contributed by atoms with Crippen LogP contribution in [0.1, 0.15) is 13.3 Å². The van der Waals surface area contributed by atoms with Gasteiger partial charge in [-0.15, -0.1) is 0 Å². The number of rotatable bonds is 5. The zero-order valence-corrected chi connectivity index (χ0v) is 9.35. The van der Waals surface area contributed by atoms with Gasteiger partial charge in [-0.2, -0.15) is 0 Å². The summed E-state index contributed by atoms with van der Waals surface area (Å²) in [6.45, 7) is 7.69. The van der Waals surface area contributed by atoms with Crippen LogP contribution >= 0.6 is 15.9 Å². The lowest BCUT2D eigenvalue weighted by Crippen LogP contribution is -2.31. The van der Waals surface area contributed by atoms with Gasteiger partial charge >= 0.3 is 0 Å². The van der Waals surface area contributed by atoms with E-state index in [1.54, 1.807) is 0 Å². The first-order valence-corrected chi connectivity index (χ1v) is 5.85. The summed E-state index contributed by atoms with van der Waals surface area (Å²) >= 11 is 3.47. The van der Waals surface area contributed by atoms with Crippen LogP contribution in [0, 0.1) is 5.92 Å². The minimum absolute atomic E-state index is 0.781. The molecule has 1 unspecified atom stereocenters. The van der Waals surface area contributed by atoms with Crippen LogP contribution < -0.4 is 0 Å². The van der Waals surface area contributed by atoms with Crippen molar-refractivity contribution >= 4 is 15.9 Å². The zero-order valence-electron chi connectivity index (χ0n) is 7.76. The SMILES string of the molecule is CCN(CCBr)CC1CCOC1. The van der Waals surface area contributed by atoms with Gasteiger partial charge in [-0.05, 0) is 18.9 Å². The fourth-order valence-electron chi connectivity index (χ4n) is 1.59. The number of hydrogen-bond donors (Lipinski definition) is 0. The third-order valence-corrected chi connectivity index (χ3v) is 2.74. The number of hydrogen-bond acceptors (Lipinski definition) is 2. The van der Waals surface area contributed by atoms with E-state index in [-0.39, 0.29) is 0 Å². The van der Waals surface area contributed by atoms with Crippen LogP contribution in [-0.2, 0) is 4.74 Å². The Hall–Kier alpha value is 0.400. The Bertz CT molecular complexity index is 115. The highest BCUT2D eigenvalue weighted by Gasteiger charge is 2.17. The Labute approximate surface area is 83.4 Å². The molecule has 1 atom stereocenters. The van der Waals surface area contributed by atoms with E-state index >= 15 is 0 Å². The second-order valence-corrected chi connectivity index (χ2v) is 4.10. The van der Waals surface area contributed by atoms with E-state index < -0.39 is 0 Å². The lowest BCUT2D eigenvalue weighted by molar-refractivity contribution is 0.171. The summed E-state index contributed by atoms with van der Waals surface area (Å²) in [4.78, 5) is 2.48. The molecule has 0 aromatic rings. The maximum atomic E-state index is 5.34. The fourth-order valence-corrected chi connectivity index (χ4v) is 2.09. The Morgan fingerprint density at radius 3 is 2.92 bits per heavy atom. The lowest BCUT2D eigenvalue weighted by Gasteiger charge is -2.21. The van der Waals surface area contributed by atoms with Crippen molar-refractivity contribution in [2.45, 2.75) is 13.3 Å². The molecular weight excluding hydrogens is 218 g/mol. The molecule has 1 saturated heterocycles. The monoisotopic (exact) mass is 235 g/mol. The van der Waals surface area contributed by atoms with Gasteiger partial charge in [-0.3, -0.25) is 0 Å². The topological polar surface area (TPSA) is 12.5 Å². The molecule has 1 aliphatic rings. The second-order valence-electron chi connectivity index (χ2n) is 3.31. The summed E-state index contributed by atoms with van der Waals surface area (Å²) in [5.41, 5.74) is 0. The van der Waals surface area contributed by atoms with Crippen molar-refractivity contribution in [3.63, 3.8) is 0 Å². The Balaban J connectivity index is 2.16. The predicted molar refractivity (Wildman–Crippen MR) is 54.8 cm³/mol. The zero-order chi connectivity index (χ0) is 8.81. The van der Waals surface area contributed by atoms with E-state index in [1.165, 1.54) is 13.0 Å². The van der Waals surface area contributed by atoms with E-state index in [9.17, 15) is 0 Å². The summed E-state index contributed by atoms with van der Waals surface area (Å²) in [5.74, 6) is 0.781. The van der Waals surface area contributed by atoms with E-state index in [4.69, 9.17) is 4.74 Å². The lowest BCUT2D eigenvalue weighted by atomic mass is 10.1. The van der Waals surface area contributed by atoms with Crippen LogP contribution in [0.3, 0.4) is 0 Å². The smallest absolute Gasteiger partial charge is 0.0507 e. The summed E-state index contributed by atoms with van der Waals surface area (Å²) in [7, 11) is 0. The minimum Gasteiger partial charge on any atom is -0.381 e. The van der Waals surface area contributed by atoms with Crippen molar-refractivity contribution in [2.24, 2.45) is 5.92 Å². The highest BCUT2D eigenvalue weighted by Crippen LogP contribution is 2.13. The average molecular weight is 236 g/mol. The minimum atomic E-state index is 0.781. The molecule has 72 valence electrons. The average Bonchev–Trinajstić information content (AvgIpc) is 2.56. The van der Waals surface area contributed by atoms with E-state index in [1.807, 2.05) is 0 Å². The number of nitrogens with zero attached hydrogens (tertiary/aromatic N) is 1. The number of alkyl halides is 1. The maximum Gasteiger partial charge on any atom is 0.0507 e. The Morgan fingerprint density at radius 1 is 1.58 bits per heavy atom. The van der Waals surface area contributed by atoms with Gasteiger partial charge in [0.1, 0.15) is 0 Å². The van der Waals surface area contributed by atoms with Crippen LogP contribution in [-0.4, -0.2) is 43.1 Å². The fraction of sp³-hybridized carbons (Fsp3) is 1.00. The molecule has 3 heteroatoms. The van der Waals surface area contributed by atoms with Gasteiger partial charge in [0.2, 0.25) is 0 Å². The van der Waals surface area contributed by atoms with Crippen LogP contribution in [0.15, 0.2) is 0 Å². The van der Waals surface area contributed by atoms with Gasteiger partial charge in [-0.25, -0.2) is 0 Å². The van der Waals surface area contributed by atoms with E-state index in [2.05, 4.69) is 27.8 Å². The number of ether oxygens (including phenoxy) is 1. The van der Waals surface area contributed by atoms with Gasteiger partial charge in [-0.1, -0.05) is 22.9 Å². The summed E-state index contributed by atoms with van der Waals surface area (Å²) in [5, 5.41) is 1.08. The molecule has 2 nitrogen and oxygen atoms in total. The highest BCUT2D eigenvalue weighted by atomic mass is 79.9. The van der Waals surface area contributed by atoms with Crippen molar-refractivity contribution in [3.8, 4) is 0 Å². The molecule has 0 saturated carbocycles. The molecule has 0 amide bonds. The normalized spacial score (nSPS) is 23.8. The first-order chi connectivity index (χ1) is 5.86. The standard InChI is InChI=1S/C9H18BrNO/c1-2-11(5-4-10)7-9-3-6-12-8-9/h9H,2-8H2,1H3. The van der Waals surface area contributed by atoms with Gasteiger partial charge in [0.25, 0.3) is 0 Å². The van der Waals surface area contributed by atoms with Crippen molar-refractivity contribution in [1.82, 2.24) is 4.90 Å². The van der Waals surface area contributed by atoms with Gasteiger partial charge in [0.15, 0.2) is 0 Å². The molecule has 0 spiro atoms. The second kappa shape index (κ2) is 5.95.